The normalized spacial score (nSPS) is 11.6. The highest BCUT2D eigenvalue weighted by atomic mass is 28.2. The van der Waals surface area contributed by atoms with Crippen molar-refractivity contribution in [1.29, 1.82) is 0 Å². The third-order valence-electron chi connectivity index (χ3n) is 10.4. The molecule has 0 aliphatic rings. The zero-order valence-corrected chi connectivity index (χ0v) is 33.2. The fourth-order valence-electron chi connectivity index (χ4n) is 7.14. The van der Waals surface area contributed by atoms with Gasteiger partial charge in [-0.2, -0.15) is 0 Å². The minimum Gasteiger partial charge on any atom is -0.0654 e. The summed E-state index contributed by atoms with van der Waals surface area (Å²) in [5, 5.41) is 0. The summed E-state index contributed by atoms with van der Waals surface area (Å²) in [6.07, 6.45) is 59.5. The van der Waals surface area contributed by atoms with Gasteiger partial charge in [-0.15, -0.1) is 0 Å². The molecule has 0 heterocycles. The lowest BCUT2D eigenvalue weighted by Gasteiger charge is -2.05. The van der Waals surface area contributed by atoms with Crippen molar-refractivity contribution in [3.63, 3.8) is 0 Å². The van der Waals surface area contributed by atoms with Crippen LogP contribution in [0, 0.1) is 0 Å². The summed E-state index contributed by atoms with van der Waals surface area (Å²) in [5.74, 6) is 0. The number of hydrogen-bond acceptors (Lipinski definition) is 0. The van der Waals surface area contributed by atoms with E-state index < -0.39 is 0 Å². The van der Waals surface area contributed by atoms with Crippen molar-refractivity contribution in [2.45, 2.75) is 283 Å². The fourth-order valence-corrected chi connectivity index (χ4v) is 8.39. The Morgan fingerprint density at radius 3 is 0.467 bits per heavy atom. The molecule has 0 saturated heterocycles. The monoisotopic (exact) mass is 647 g/mol. The molecule has 0 N–H and O–H groups in total. The summed E-state index contributed by atoms with van der Waals surface area (Å²) in [6.45, 7) is 4.62. The molecule has 1 heteroatoms. The summed E-state index contributed by atoms with van der Waals surface area (Å²) >= 11 is 0. The molecule has 0 nitrogen and oxygen atoms in total. The zero-order chi connectivity index (χ0) is 32.4. The van der Waals surface area contributed by atoms with Crippen LogP contribution in [0.1, 0.15) is 271 Å². The third-order valence-corrected chi connectivity index (χ3v) is 11.8. The van der Waals surface area contributed by atoms with E-state index in [1.54, 1.807) is 0 Å². The molecule has 0 aromatic heterocycles. The van der Waals surface area contributed by atoms with Crippen molar-refractivity contribution in [2.24, 2.45) is 0 Å². The summed E-state index contributed by atoms with van der Waals surface area (Å²) < 4.78 is 0. The second-order valence-corrected chi connectivity index (χ2v) is 16.7. The fraction of sp³-hybridized carbons (Fsp3) is 1.00. The Morgan fingerprint density at radius 1 is 0.178 bits per heavy atom. The molecule has 0 amide bonds. The van der Waals surface area contributed by atoms with Gasteiger partial charge in [-0.3, -0.25) is 0 Å². The van der Waals surface area contributed by atoms with E-state index in [4.69, 9.17) is 0 Å². The molecule has 270 valence electrons. The Kier molecular flexibility index (Phi) is 44.4. The van der Waals surface area contributed by atoms with Gasteiger partial charge in [0.25, 0.3) is 0 Å². The van der Waals surface area contributed by atoms with Gasteiger partial charge in [0.1, 0.15) is 0 Å². The summed E-state index contributed by atoms with van der Waals surface area (Å²) in [5.41, 5.74) is 0. The van der Waals surface area contributed by atoms with Gasteiger partial charge in [-0.25, -0.2) is 0 Å². The average molecular weight is 647 g/mol. The quantitative estimate of drug-likeness (QED) is 0.0457. The molecule has 0 atom stereocenters. The molecule has 0 aliphatic heterocycles. The van der Waals surface area contributed by atoms with E-state index in [1.165, 1.54) is 278 Å². The maximum Gasteiger partial charge on any atom is 0.0378 e. The molecular weight excluding hydrogens is 557 g/mol. The first-order chi connectivity index (χ1) is 22.4. The maximum absolute atomic E-state index is 2.31. The van der Waals surface area contributed by atoms with Gasteiger partial charge >= 0.3 is 0 Å². The Labute approximate surface area is 291 Å². The van der Waals surface area contributed by atoms with Crippen molar-refractivity contribution in [2.75, 3.05) is 0 Å². The van der Waals surface area contributed by atoms with Crippen molar-refractivity contribution < 1.29 is 0 Å². The topological polar surface area (TPSA) is 0 Å². The van der Waals surface area contributed by atoms with Crippen LogP contribution in [0.5, 0.6) is 0 Å². The first-order valence-corrected chi connectivity index (χ1v) is 23.5. The van der Waals surface area contributed by atoms with E-state index >= 15 is 0 Å². The van der Waals surface area contributed by atoms with E-state index in [0.29, 0.717) is 0 Å². The molecular formula is C44H90Si. The van der Waals surface area contributed by atoms with Crippen molar-refractivity contribution in [3.8, 4) is 0 Å². The standard InChI is InChI=1S/C44H90Si/c1-3-5-7-9-11-13-15-17-19-21-23-25-27-29-31-33-35-37-39-41-43-45-44-42-40-38-36-34-32-30-28-26-24-22-20-18-16-14-12-10-8-6-4-2/h3-44H2,1-2H3. The van der Waals surface area contributed by atoms with E-state index in [1.807, 2.05) is 0 Å². The van der Waals surface area contributed by atoms with Crippen molar-refractivity contribution >= 4 is 9.52 Å². The van der Waals surface area contributed by atoms with Crippen molar-refractivity contribution in [3.05, 3.63) is 0 Å². The zero-order valence-electron chi connectivity index (χ0n) is 32.2. The minimum absolute atomic E-state index is 1.25. The van der Waals surface area contributed by atoms with Crippen LogP contribution in [0.4, 0.5) is 0 Å². The third kappa shape index (κ3) is 44.2. The molecule has 0 bridgehead atoms. The second kappa shape index (κ2) is 44.2. The van der Waals surface area contributed by atoms with Crippen molar-refractivity contribution in [1.82, 2.24) is 0 Å². The van der Waals surface area contributed by atoms with Crippen LogP contribution in [0.15, 0.2) is 0 Å². The summed E-state index contributed by atoms with van der Waals surface area (Å²) in [7, 11) is 1.25. The predicted octanol–water partition coefficient (Wildman–Crippen LogP) is 17.2. The lowest BCUT2D eigenvalue weighted by molar-refractivity contribution is 0.522. The highest BCUT2D eigenvalue weighted by molar-refractivity contribution is 6.35. The molecule has 0 unspecified atom stereocenters. The van der Waals surface area contributed by atoms with Gasteiger partial charge in [-0.05, 0) is 0 Å². The lowest BCUT2D eigenvalue weighted by Crippen LogP contribution is -1.90. The van der Waals surface area contributed by atoms with Crippen LogP contribution >= 0.6 is 0 Å². The Hall–Kier alpha value is 0.217. The molecule has 0 aromatic carbocycles. The Morgan fingerprint density at radius 2 is 0.311 bits per heavy atom. The first-order valence-electron chi connectivity index (χ1n) is 22.1. The van der Waals surface area contributed by atoms with E-state index in [-0.39, 0.29) is 0 Å². The van der Waals surface area contributed by atoms with Gasteiger partial charge in [0.2, 0.25) is 0 Å². The average Bonchev–Trinajstić information content (AvgIpc) is 3.05. The molecule has 0 aliphatic carbocycles. The number of unbranched alkanes of at least 4 members (excludes halogenated alkanes) is 38. The second-order valence-electron chi connectivity index (χ2n) is 15.2. The van der Waals surface area contributed by atoms with Crippen LogP contribution in [-0.2, 0) is 0 Å². The van der Waals surface area contributed by atoms with Crippen LogP contribution in [0.2, 0.25) is 12.1 Å². The van der Waals surface area contributed by atoms with E-state index in [9.17, 15) is 0 Å². The molecule has 0 rings (SSSR count). The summed E-state index contributed by atoms with van der Waals surface area (Å²) in [4.78, 5) is 0. The van der Waals surface area contributed by atoms with Crippen LogP contribution in [-0.4, -0.2) is 9.52 Å². The number of hydrogen-bond donors (Lipinski definition) is 0. The SMILES string of the molecule is CCCCCCCCCCCCCCCCCCCCCC[Si]CCCCCCCCCCCCCCCCCCCCCC. The van der Waals surface area contributed by atoms with Gasteiger partial charge < -0.3 is 0 Å². The maximum atomic E-state index is 2.31. The van der Waals surface area contributed by atoms with Crippen LogP contribution in [0.25, 0.3) is 0 Å². The predicted molar refractivity (Wildman–Crippen MR) is 211 cm³/mol. The first kappa shape index (κ1) is 45.2. The molecule has 0 spiro atoms. The Bertz CT molecular complexity index is 432. The van der Waals surface area contributed by atoms with E-state index in [0.717, 1.165) is 0 Å². The molecule has 2 radical (unpaired) electrons. The largest absolute Gasteiger partial charge is 0.0654 e. The van der Waals surface area contributed by atoms with E-state index in [2.05, 4.69) is 13.8 Å². The van der Waals surface area contributed by atoms with Crippen LogP contribution in [0.3, 0.4) is 0 Å². The minimum atomic E-state index is 1.25. The molecule has 0 fully saturated rings. The molecule has 45 heavy (non-hydrogen) atoms. The van der Waals surface area contributed by atoms with Crippen LogP contribution < -0.4 is 0 Å². The summed E-state index contributed by atoms with van der Waals surface area (Å²) in [6, 6.07) is 3.05. The van der Waals surface area contributed by atoms with Gasteiger partial charge in [0, 0.05) is 9.52 Å². The highest BCUT2D eigenvalue weighted by Crippen LogP contribution is 2.17. The van der Waals surface area contributed by atoms with Gasteiger partial charge in [-0.1, -0.05) is 283 Å². The Balaban J connectivity index is 3.03. The smallest absolute Gasteiger partial charge is 0.0378 e. The highest BCUT2D eigenvalue weighted by Gasteiger charge is 1.98. The molecule has 0 aromatic rings. The molecule has 0 saturated carbocycles. The van der Waals surface area contributed by atoms with Gasteiger partial charge in [0.05, 0.1) is 0 Å². The number of rotatable bonds is 42. The lowest BCUT2D eigenvalue weighted by atomic mass is 10.0. The van der Waals surface area contributed by atoms with Gasteiger partial charge in [0.15, 0.2) is 0 Å².